The molecule has 1 aliphatic rings. The second kappa shape index (κ2) is 4.88. The van der Waals surface area contributed by atoms with Crippen molar-refractivity contribution in [3.05, 3.63) is 29.6 Å². The summed E-state index contributed by atoms with van der Waals surface area (Å²) >= 11 is 0. The molecule has 1 aromatic rings. The largest absolute Gasteiger partial charge is 0.382 e. The number of hydrogen-bond acceptors (Lipinski definition) is 2. The van der Waals surface area contributed by atoms with Gasteiger partial charge in [-0.05, 0) is 18.6 Å². The van der Waals surface area contributed by atoms with Crippen molar-refractivity contribution >= 4 is 11.6 Å². The van der Waals surface area contributed by atoms with Gasteiger partial charge in [0.15, 0.2) is 17.5 Å². The molecule has 1 saturated heterocycles. The summed E-state index contributed by atoms with van der Waals surface area (Å²) in [6.07, 6.45) is 0.674. The quantitative estimate of drug-likeness (QED) is 0.841. The van der Waals surface area contributed by atoms with Crippen molar-refractivity contribution in [3.63, 3.8) is 0 Å². The molecule has 1 N–H and O–H groups in total. The standard InChI is InChI=1S/C12H13F3N2O/c1-17-5-4-7(12(17)18)6-16-9-3-2-8(13)10(14)11(9)15/h2-3,7,16H,4-6H2,1H3/t7-/m0/s1. The van der Waals surface area contributed by atoms with Gasteiger partial charge in [-0.15, -0.1) is 0 Å². The second-order valence-electron chi connectivity index (χ2n) is 4.35. The lowest BCUT2D eigenvalue weighted by Gasteiger charge is -2.13. The maximum Gasteiger partial charge on any atom is 0.227 e. The van der Waals surface area contributed by atoms with Crippen LogP contribution in [0.25, 0.3) is 0 Å². The summed E-state index contributed by atoms with van der Waals surface area (Å²) in [6, 6.07) is 1.97. The molecular formula is C12H13F3N2O. The lowest BCUT2D eigenvalue weighted by molar-refractivity contribution is -0.129. The molecule has 98 valence electrons. The van der Waals surface area contributed by atoms with Crippen LogP contribution in [0.2, 0.25) is 0 Å². The molecule has 0 saturated carbocycles. The molecule has 1 heterocycles. The first-order chi connectivity index (χ1) is 8.50. The first-order valence-electron chi connectivity index (χ1n) is 5.63. The Bertz CT molecular complexity index is 479. The zero-order chi connectivity index (χ0) is 13.3. The Kier molecular flexibility index (Phi) is 3.45. The Balaban J connectivity index is 2.03. The normalized spacial score (nSPS) is 19.4. The minimum absolute atomic E-state index is 0.0227. The van der Waals surface area contributed by atoms with E-state index in [9.17, 15) is 18.0 Å². The van der Waals surface area contributed by atoms with Crippen LogP contribution in [0.4, 0.5) is 18.9 Å². The van der Waals surface area contributed by atoms with E-state index in [0.717, 1.165) is 12.1 Å². The molecule has 18 heavy (non-hydrogen) atoms. The summed E-state index contributed by atoms with van der Waals surface area (Å²) in [7, 11) is 1.69. The fourth-order valence-corrected chi connectivity index (χ4v) is 1.98. The first-order valence-corrected chi connectivity index (χ1v) is 5.63. The summed E-state index contributed by atoms with van der Waals surface area (Å²) in [4.78, 5) is 13.2. The molecule has 1 fully saturated rings. The predicted molar refractivity (Wildman–Crippen MR) is 60.5 cm³/mol. The van der Waals surface area contributed by atoms with Crippen LogP contribution in [0.1, 0.15) is 6.42 Å². The predicted octanol–water partition coefficient (Wildman–Crippen LogP) is 1.99. The molecule has 0 bridgehead atoms. The van der Waals surface area contributed by atoms with E-state index in [1.165, 1.54) is 0 Å². The van der Waals surface area contributed by atoms with Crippen molar-refractivity contribution in [2.24, 2.45) is 5.92 Å². The van der Waals surface area contributed by atoms with Gasteiger partial charge in [0, 0.05) is 20.1 Å². The van der Waals surface area contributed by atoms with Gasteiger partial charge in [0.25, 0.3) is 0 Å². The maximum atomic E-state index is 13.3. The average Bonchev–Trinajstić information content (AvgIpc) is 2.67. The van der Waals surface area contributed by atoms with E-state index in [0.29, 0.717) is 13.0 Å². The average molecular weight is 258 g/mol. The van der Waals surface area contributed by atoms with Gasteiger partial charge in [0.2, 0.25) is 5.91 Å². The lowest BCUT2D eigenvalue weighted by Crippen LogP contribution is -2.26. The van der Waals surface area contributed by atoms with Crippen molar-refractivity contribution < 1.29 is 18.0 Å². The Labute approximate surface area is 103 Å². The number of halogens is 3. The maximum absolute atomic E-state index is 13.3. The molecule has 1 atom stereocenters. The van der Waals surface area contributed by atoms with E-state index < -0.39 is 17.5 Å². The summed E-state index contributed by atoms with van der Waals surface area (Å²) in [5.41, 5.74) is -0.128. The number of amides is 1. The SMILES string of the molecule is CN1CC[C@@H](CNc2ccc(F)c(F)c2F)C1=O. The molecule has 1 aromatic carbocycles. The molecule has 1 aliphatic heterocycles. The van der Waals surface area contributed by atoms with Gasteiger partial charge in [-0.3, -0.25) is 4.79 Å². The van der Waals surface area contributed by atoms with Crippen molar-refractivity contribution in [2.45, 2.75) is 6.42 Å². The summed E-state index contributed by atoms with van der Waals surface area (Å²) < 4.78 is 39.0. The van der Waals surface area contributed by atoms with E-state index >= 15 is 0 Å². The number of rotatable bonds is 3. The zero-order valence-corrected chi connectivity index (χ0v) is 9.84. The number of hydrogen-bond donors (Lipinski definition) is 1. The van der Waals surface area contributed by atoms with E-state index in [1.54, 1.807) is 11.9 Å². The van der Waals surface area contributed by atoms with Gasteiger partial charge >= 0.3 is 0 Å². The molecule has 0 aromatic heterocycles. The third kappa shape index (κ3) is 2.27. The Hall–Kier alpha value is -1.72. The van der Waals surface area contributed by atoms with Gasteiger partial charge in [0.1, 0.15) is 0 Å². The number of nitrogens with zero attached hydrogens (tertiary/aromatic N) is 1. The molecule has 0 aliphatic carbocycles. The highest BCUT2D eigenvalue weighted by atomic mass is 19.2. The first kappa shape index (κ1) is 12.7. The number of nitrogens with one attached hydrogen (secondary N) is 1. The van der Waals surface area contributed by atoms with Gasteiger partial charge in [-0.2, -0.15) is 0 Å². The minimum Gasteiger partial charge on any atom is -0.382 e. The Morgan fingerprint density at radius 1 is 1.33 bits per heavy atom. The smallest absolute Gasteiger partial charge is 0.227 e. The molecule has 1 amide bonds. The van der Waals surface area contributed by atoms with Crippen LogP contribution in [0.15, 0.2) is 12.1 Å². The van der Waals surface area contributed by atoms with Crippen LogP contribution in [0, 0.1) is 23.4 Å². The highest BCUT2D eigenvalue weighted by molar-refractivity contribution is 5.81. The minimum atomic E-state index is -1.50. The topological polar surface area (TPSA) is 32.3 Å². The van der Waals surface area contributed by atoms with E-state index in [1.807, 2.05) is 0 Å². The van der Waals surface area contributed by atoms with Crippen molar-refractivity contribution in [2.75, 3.05) is 25.5 Å². The van der Waals surface area contributed by atoms with Crippen molar-refractivity contribution in [1.29, 1.82) is 0 Å². The molecular weight excluding hydrogens is 245 g/mol. The molecule has 6 heteroatoms. The number of anilines is 1. The number of carbonyl (C=O) groups is 1. The highest BCUT2D eigenvalue weighted by Gasteiger charge is 2.28. The fraction of sp³-hybridized carbons (Fsp3) is 0.417. The van der Waals surface area contributed by atoms with Gasteiger partial charge in [-0.1, -0.05) is 0 Å². The summed E-state index contributed by atoms with van der Waals surface area (Å²) in [6.45, 7) is 0.872. The van der Waals surface area contributed by atoms with E-state index in [4.69, 9.17) is 0 Å². The summed E-state index contributed by atoms with van der Waals surface area (Å²) in [5, 5.41) is 2.64. The molecule has 3 nitrogen and oxygen atoms in total. The van der Waals surface area contributed by atoms with E-state index in [2.05, 4.69) is 5.32 Å². The van der Waals surface area contributed by atoms with Crippen LogP contribution < -0.4 is 5.32 Å². The van der Waals surface area contributed by atoms with Crippen LogP contribution in [-0.4, -0.2) is 30.9 Å². The number of benzene rings is 1. The van der Waals surface area contributed by atoms with Crippen molar-refractivity contribution in [1.82, 2.24) is 4.90 Å². The van der Waals surface area contributed by atoms with Gasteiger partial charge in [-0.25, -0.2) is 13.2 Å². The second-order valence-corrected chi connectivity index (χ2v) is 4.35. The molecule has 0 spiro atoms. The highest BCUT2D eigenvalue weighted by Crippen LogP contribution is 2.22. The Morgan fingerprint density at radius 3 is 2.67 bits per heavy atom. The molecule has 0 unspecified atom stereocenters. The monoisotopic (exact) mass is 258 g/mol. The van der Waals surface area contributed by atoms with Gasteiger partial charge < -0.3 is 10.2 Å². The zero-order valence-electron chi connectivity index (χ0n) is 9.84. The number of likely N-dealkylation sites (tertiary alicyclic amines) is 1. The summed E-state index contributed by atoms with van der Waals surface area (Å²) in [5.74, 6) is -4.26. The van der Waals surface area contributed by atoms with Crippen LogP contribution in [-0.2, 0) is 4.79 Å². The number of carbonyl (C=O) groups excluding carboxylic acids is 1. The van der Waals surface area contributed by atoms with Crippen LogP contribution in [0.5, 0.6) is 0 Å². The van der Waals surface area contributed by atoms with Gasteiger partial charge in [0.05, 0.1) is 11.6 Å². The fourth-order valence-electron chi connectivity index (χ4n) is 1.98. The molecule has 2 rings (SSSR count). The lowest BCUT2D eigenvalue weighted by atomic mass is 10.1. The van der Waals surface area contributed by atoms with E-state index in [-0.39, 0.29) is 24.1 Å². The third-order valence-corrected chi connectivity index (χ3v) is 3.11. The molecule has 0 radical (unpaired) electrons. The third-order valence-electron chi connectivity index (χ3n) is 3.11. The van der Waals surface area contributed by atoms with Crippen LogP contribution >= 0.6 is 0 Å². The Morgan fingerprint density at radius 2 is 2.06 bits per heavy atom. The van der Waals surface area contributed by atoms with Crippen LogP contribution in [0.3, 0.4) is 0 Å². The van der Waals surface area contributed by atoms with Crippen molar-refractivity contribution in [3.8, 4) is 0 Å².